The van der Waals surface area contributed by atoms with Crippen molar-refractivity contribution >= 4 is 35.1 Å². The summed E-state index contributed by atoms with van der Waals surface area (Å²) in [6, 6.07) is 20.4. The summed E-state index contributed by atoms with van der Waals surface area (Å²) in [5.74, 6) is 0.780. The van der Waals surface area contributed by atoms with Crippen LogP contribution in [0.1, 0.15) is 45.1 Å². The number of benzene rings is 2. The molecule has 2 aromatic heterocycles. The number of rotatable bonds is 8. The summed E-state index contributed by atoms with van der Waals surface area (Å²) in [5, 5.41) is 0.724. The summed E-state index contributed by atoms with van der Waals surface area (Å²) in [6.45, 7) is 7.82. The topological polar surface area (TPSA) is 83.0 Å². The van der Waals surface area contributed by atoms with Crippen LogP contribution in [0.4, 0.5) is 0 Å². The van der Waals surface area contributed by atoms with E-state index >= 15 is 0 Å². The number of thiazole rings is 1. The number of nitrogens with zero attached hydrogens (tertiary/aromatic N) is 2. The van der Waals surface area contributed by atoms with Gasteiger partial charge in [-0.1, -0.05) is 53.4 Å². The Balaban J connectivity index is 1.57. The number of esters is 1. The molecule has 0 fully saturated rings. The molecule has 4 aromatic rings. The van der Waals surface area contributed by atoms with E-state index in [2.05, 4.69) is 4.99 Å². The molecule has 9 heteroatoms. The van der Waals surface area contributed by atoms with E-state index in [1.165, 1.54) is 23.1 Å². The molecule has 0 N–H and O–H groups in total. The fraction of sp³-hybridized carbons (Fsp3) is 0.233. The number of carbonyl (C=O) groups excluding carboxylic acids is 1. The van der Waals surface area contributed by atoms with Gasteiger partial charge in [-0.15, -0.1) is 0 Å². The highest BCUT2D eigenvalue weighted by atomic mass is 32.2. The summed E-state index contributed by atoms with van der Waals surface area (Å²) in [5.41, 5.74) is 1.36. The Bertz CT molecular complexity index is 1700. The Morgan fingerprint density at radius 1 is 1.13 bits per heavy atom. The van der Waals surface area contributed by atoms with Gasteiger partial charge in [0.25, 0.3) is 5.56 Å². The highest BCUT2D eigenvalue weighted by Gasteiger charge is 2.33. The van der Waals surface area contributed by atoms with Gasteiger partial charge >= 0.3 is 5.97 Å². The molecule has 0 saturated carbocycles. The van der Waals surface area contributed by atoms with E-state index in [1.807, 2.05) is 73.7 Å². The molecule has 1 aliphatic rings. The number of hydrogen-bond donors (Lipinski definition) is 0. The van der Waals surface area contributed by atoms with Crippen molar-refractivity contribution in [2.24, 2.45) is 4.99 Å². The number of hydrogen-bond acceptors (Lipinski definition) is 8. The van der Waals surface area contributed by atoms with Crippen molar-refractivity contribution in [2.75, 3.05) is 6.61 Å². The van der Waals surface area contributed by atoms with Gasteiger partial charge in [0.1, 0.15) is 11.5 Å². The van der Waals surface area contributed by atoms with Crippen LogP contribution in [0.2, 0.25) is 0 Å². The second-order valence-corrected chi connectivity index (χ2v) is 11.2. The van der Waals surface area contributed by atoms with Crippen molar-refractivity contribution < 1.29 is 18.7 Å². The van der Waals surface area contributed by atoms with Crippen molar-refractivity contribution in [1.29, 1.82) is 0 Å². The molecular weight excluding hydrogens is 532 g/mol. The zero-order chi connectivity index (χ0) is 27.5. The number of fused-ring (bicyclic) bond motifs is 1. The molecule has 39 heavy (non-hydrogen) atoms. The van der Waals surface area contributed by atoms with Crippen LogP contribution in [-0.4, -0.2) is 23.2 Å². The maximum Gasteiger partial charge on any atom is 0.338 e. The minimum Gasteiger partial charge on any atom is -0.494 e. The summed E-state index contributed by atoms with van der Waals surface area (Å²) in [6.07, 6.45) is 1.41. The average molecular weight is 561 g/mol. The Morgan fingerprint density at radius 3 is 2.56 bits per heavy atom. The Hall–Kier alpha value is -3.82. The molecule has 0 radical (unpaired) electrons. The van der Waals surface area contributed by atoms with E-state index in [1.54, 1.807) is 31.4 Å². The normalized spacial score (nSPS) is 15.3. The van der Waals surface area contributed by atoms with Crippen LogP contribution < -0.4 is 19.6 Å². The molecule has 200 valence electrons. The van der Waals surface area contributed by atoms with Gasteiger partial charge < -0.3 is 13.9 Å². The predicted molar refractivity (Wildman–Crippen MR) is 152 cm³/mol. The van der Waals surface area contributed by atoms with E-state index in [0.717, 1.165) is 15.6 Å². The van der Waals surface area contributed by atoms with Crippen molar-refractivity contribution in [1.82, 2.24) is 4.57 Å². The lowest BCUT2D eigenvalue weighted by Crippen LogP contribution is -2.40. The second kappa shape index (κ2) is 11.5. The molecule has 1 atom stereocenters. The first kappa shape index (κ1) is 26.8. The first-order valence-corrected chi connectivity index (χ1v) is 14.3. The van der Waals surface area contributed by atoms with Crippen LogP contribution in [0.5, 0.6) is 5.75 Å². The Morgan fingerprint density at radius 2 is 1.87 bits per heavy atom. The Labute approximate surface area is 234 Å². The lowest BCUT2D eigenvalue weighted by Gasteiger charge is -2.25. The molecular formula is C30H28N2O5S2. The Kier molecular flexibility index (Phi) is 7.90. The summed E-state index contributed by atoms with van der Waals surface area (Å²) in [7, 11) is 0. The van der Waals surface area contributed by atoms with Crippen molar-refractivity contribution in [2.45, 2.75) is 49.8 Å². The average Bonchev–Trinajstić information content (AvgIpc) is 3.47. The molecule has 3 heterocycles. The van der Waals surface area contributed by atoms with E-state index in [-0.39, 0.29) is 11.7 Å². The van der Waals surface area contributed by atoms with Gasteiger partial charge in [-0.2, -0.15) is 0 Å². The summed E-state index contributed by atoms with van der Waals surface area (Å²) in [4.78, 5) is 33.3. The zero-order valence-electron chi connectivity index (χ0n) is 22.0. The predicted octanol–water partition coefficient (Wildman–Crippen LogP) is 5.33. The van der Waals surface area contributed by atoms with E-state index < -0.39 is 12.0 Å². The molecule has 0 bridgehead atoms. The number of carbonyl (C=O) groups is 1. The molecule has 0 saturated heterocycles. The van der Waals surface area contributed by atoms with E-state index in [0.29, 0.717) is 38.7 Å². The lowest BCUT2D eigenvalue weighted by atomic mass is 9.96. The highest BCUT2D eigenvalue weighted by Crippen LogP contribution is 2.32. The third kappa shape index (κ3) is 5.79. The molecule has 2 aromatic carbocycles. The van der Waals surface area contributed by atoms with E-state index in [9.17, 15) is 9.59 Å². The van der Waals surface area contributed by atoms with Gasteiger partial charge in [0, 0.05) is 11.0 Å². The zero-order valence-corrected chi connectivity index (χ0v) is 23.7. The third-order valence-corrected chi connectivity index (χ3v) is 7.84. The third-order valence-electron chi connectivity index (χ3n) is 5.93. The van der Waals surface area contributed by atoms with Gasteiger partial charge in [0.05, 0.1) is 34.6 Å². The van der Waals surface area contributed by atoms with Crippen LogP contribution in [0.25, 0.3) is 6.08 Å². The first-order chi connectivity index (χ1) is 18.8. The maximum atomic E-state index is 13.8. The fourth-order valence-electron chi connectivity index (χ4n) is 4.29. The lowest BCUT2D eigenvalue weighted by molar-refractivity contribution is -0.143. The summed E-state index contributed by atoms with van der Waals surface area (Å²) >= 11 is 2.77. The minimum atomic E-state index is -0.689. The SMILES string of the molecule is CCOc1ccc([C@H]2C(C(=O)OC(C)C)=C(C)N=c3s/c(=C/c4ccc(Sc5ccccc5)o4)c(=O)n32)cc1. The van der Waals surface area contributed by atoms with Gasteiger partial charge in [-0.25, -0.2) is 9.79 Å². The van der Waals surface area contributed by atoms with Gasteiger partial charge in [-0.3, -0.25) is 9.36 Å². The van der Waals surface area contributed by atoms with Gasteiger partial charge in [0.15, 0.2) is 9.89 Å². The molecule has 0 unspecified atom stereocenters. The van der Waals surface area contributed by atoms with Crippen LogP contribution in [-0.2, 0) is 9.53 Å². The monoisotopic (exact) mass is 560 g/mol. The van der Waals surface area contributed by atoms with Crippen LogP contribution in [0.3, 0.4) is 0 Å². The van der Waals surface area contributed by atoms with Crippen LogP contribution in [0, 0.1) is 0 Å². The van der Waals surface area contributed by atoms with Crippen molar-refractivity contribution in [3.63, 3.8) is 0 Å². The molecule has 0 amide bonds. The largest absolute Gasteiger partial charge is 0.494 e. The van der Waals surface area contributed by atoms with Crippen molar-refractivity contribution in [3.8, 4) is 5.75 Å². The van der Waals surface area contributed by atoms with E-state index in [4.69, 9.17) is 13.9 Å². The first-order valence-electron chi connectivity index (χ1n) is 12.6. The molecule has 0 aliphatic carbocycles. The van der Waals surface area contributed by atoms with Crippen LogP contribution in [0.15, 0.2) is 102 Å². The van der Waals surface area contributed by atoms with Crippen LogP contribution >= 0.6 is 23.1 Å². The van der Waals surface area contributed by atoms with Gasteiger partial charge in [-0.05, 0) is 69.7 Å². The number of aromatic nitrogens is 1. The maximum absolute atomic E-state index is 13.8. The summed E-state index contributed by atoms with van der Waals surface area (Å²) < 4.78 is 19.2. The highest BCUT2D eigenvalue weighted by molar-refractivity contribution is 7.99. The second-order valence-electron chi connectivity index (χ2n) is 9.11. The quantitative estimate of drug-likeness (QED) is 0.271. The number of ether oxygens (including phenoxy) is 2. The number of furan rings is 1. The van der Waals surface area contributed by atoms with Gasteiger partial charge in [0.2, 0.25) is 0 Å². The molecule has 5 rings (SSSR count). The molecule has 0 spiro atoms. The standard InChI is InChI=1S/C30H28N2O5S2/c1-5-35-21-13-11-20(12-14-21)27-26(29(34)36-18(2)3)19(4)31-30-32(27)28(33)24(39-30)17-22-15-16-25(37-22)38-23-9-7-6-8-10-23/h6-18,27H,5H2,1-4H3/b24-17+/t27-/m0/s1. The van der Waals surface area contributed by atoms with Crippen molar-refractivity contribution in [3.05, 3.63) is 109 Å². The minimum absolute atomic E-state index is 0.256. The smallest absolute Gasteiger partial charge is 0.338 e. The number of allylic oxidation sites excluding steroid dienone is 1. The molecule has 1 aliphatic heterocycles. The fourth-order valence-corrected chi connectivity index (χ4v) is 6.12. The molecule has 7 nitrogen and oxygen atoms in total.